The first-order chi connectivity index (χ1) is 11.1. The van der Waals surface area contributed by atoms with Crippen LogP contribution in [0.15, 0.2) is 18.3 Å². The molecule has 2 rings (SSSR count). The third-order valence-corrected chi connectivity index (χ3v) is 4.16. The van der Waals surface area contributed by atoms with Crippen molar-refractivity contribution >= 4 is 23.3 Å². The van der Waals surface area contributed by atoms with E-state index < -0.39 is 0 Å². The van der Waals surface area contributed by atoms with E-state index in [1.54, 1.807) is 12.1 Å². The number of nitrogens with one attached hydrogen (secondary N) is 1. The van der Waals surface area contributed by atoms with Gasteiger partial charge in [-0.15, -0.1) is 0 Å². The van der Waals surface area contributed by atoms with Gasteiger partial charge < -0.3 is 10.1 Å². The topological polar surface area (TPSA) is 57.7 Å². The Hall–Kier alpha value is -1.21. The Labute approximate surface area is 142 Å². The smallest absolute Gasteiger partial charge is 0.239 e. The number of hydrogen-bond acceptors (Lipinski definition) is 5. The van der Waals surface area contributed by atoms with Gasteiger partial charge in [-0.05, 0) is 26.0 Å². The van der Waals surface area contributed by atoms with Crippen molar-refractivity contribution in [2.45, 2.75) is 19.9 Å². The minimum Gasteiger partial charge on any atom is -0.380 e. The summed E-state index contributed by atoms with van der Waals surface area (Å²) in [4.78, 5) is 20.8. The number of nitrogens with zero attached hydrogens (tertiary/aromatic N) is 3. The lowest BCUT2D eigenvalue weighted by atomic mass is 10.2. The molecule has 1 atom stereocenters. The number of piperazine rings is 1. The van der Waals surface area contributed by atoms with E-state index in [0.717, 1.165) is 39.4 Å². The predicted molar refractivity (Wildman–Crippen MR) is 91.8 cm³/mol. The zero-order valence-electron chi connectivity index (χ0n) is 13.8. The van der Waals surface area contributed by atoms with Gasteiger partial charge in [0.1, 0.15) is 5.82 Å². The summed E-state index contributed by atoms with van der Waals surface area (Å²) in [6, 6.07) is 3.84. The van der Waals surface area contributed by atoms with Gasteiger partial charge in [0.05, 0.1) is 18.2 Å². The predicted octanol–water partition coefficient (Wildman–Crippen LogP) is 1.72. The van der Waals surface area contributed by atoms with Gasteiger partial charge in [-0.3, -0.25) is 14.6 Å². The molecule has 0 saturated carbocycles. The summed E-state index contributed by atoms with van der Waals surface area (Å²) in [6.07, 6.45) is 1.52. The first kappa shape index (κ1) is 18.1. The summed E-state index contributed by atoms with van der Waals surface area (Å²) in [5.41, 5.74) is 0. The molecule has 0 unspecified atom stereocenters. The molecule has 128 valence electrons. The van der Waals surface area contributed by atoms with E-state index in [0.29, 0.717) is 23.4 Å². The van der Waals surface area contributed by atoms with Crippen LogP contribution >= 0.6 is 11.6 Å². The molecule has 1 aromatic rings. The third-order valence-electron chi connectivity index (χ3n) is 3.94. The molecule has 0 radical (unpaired) electrons. The fourth-order valence-electron chi connectivity index (χ4n) is 2.71. The van der Waals surface area contributed by atoms with Crippen LogP contribution in [0, 0.1) is 0 Å². The fraction of sp³-hybridized carbons (Fsp3) is 0.625. The van der Waals surface area contributed by atoms with Crippen LogP contribution in [0.25, 0.3) is 0 Å². The van der Waals surface area contributed by atoms with Crippen molar-refractivity contribution < 1.29 is 9.53 Å². The minimum absolute atomic E-state index is 0.0465. The van der Waals surface area contributed by atoms with E-state index >= 15 is 0 Å². The van der Waals surface area contributed by atoms with Crippen LogP contribution in [0.4, 0.5) is 5.82 Å². The first-order valence-electron chi connectivity index (χ1n) is 8.04. The van der Waals surface area contributed by atoms with Crippen molar-refractivity contribution in [3.05, 3.63) is 23.4 Å². The molecule has 0 spiro atoms. The number of halogens is 1. The Morgan fingerprint density at radius 2 is 2.30 bits per heavy atom. The number of pyridine rings is 1. The molecule has 0 bridgehead atoms. The molecule has 0 aromatic carbocycles. The lowest BCUT2D eigenvalue weighted by molar-refractivity contribution is -0.118. The Balaban J connectivity index is 1.74. The first-order valence-corrected chi connectivity index (χ1v) is 8.42. The Kier molecular flexibility index (Phi) is 7.23. The van der Waals surface area contributed by atoms with Gasteiger partial charge in [-0.2, -0.15) is 0 Å². The molecule has 7 heteroatoms. The largest absolute Gasteiger partial charge is 0.380 e. The highest BCUT2D eigenvalue weighted by Gasteiger charge is 2.24. The summed E-state index contributed by atoms with van der Waals surface area (Å²) in [5, 5.41) is 3.36. The summed E-state index contributed by atoms with van der Waals surface area (Å²) in [5.74, 6) is 0.484. The molecule has 1 aromatic heterocycles. The van der Waals surface area contributed by atoms with Crippen LogP contribution in [0.2, 0.25) is 5.02 Å². The molecule has 1 amide bonds. The molecule has 23 heavy (non-hydrogen) atoms. The van der Waals surface area contributed by atoms with Crippen LogP contribution in [0.3, 0.4) is 0 Å². The van der Waals surface area contributed by atoms with Crippen molar-refractivity contribution in [2.24, 2.45) is 0 Å². The minimum atomic E-state index is -0.0465. The summed E-state index contributed by atoms with van der Waals surface area (Å²) in [6.45, 7) is 9.78. The van der Waals surface area contributed by atoms with Gasteiger partial charge in [-0.25, -0.2) is 4.98 Å². The maximum absolute atomic E-state index is 12.1. The molecule has 1 N–H and O–H groups in total. The van der Waals surface area contributed by atoms with E-state index in [-0.39, 0.29) is 5.91 Å². The normalized spacial score (nSPS) is 19.7. The second kappa shape index (κ2) is 9.17. The summed E-state index contributed by atoms with van der Waals surface area (Å²) < 4.78 is 5.42. The van der Waals surface area contributed by atoms with Gasteiger partial charge in [0.25, 0.3) is 0 Å². The lowest BCUT2D eigenvalue weighted by Crippen LogP contribution is -2.54. The highest BCUT2D eigenvalue weighted by molar-refractivity contribution is 6.30. The molecular formula is C16H25ClN4O2. The van der Waals surface area contributed by atoms with Crippen molar-refractivity contribution in [1.29, 1.82) is 0 Å². The Morgan fingerprint density at radius 3 is 2.96 bits per heavy atom. The molecule has 0 aliphatic carbocycles. The quantitative estimate of drug-likeness (QED) is 0.766. The number of carbonyl (C=O) groups excluding carboxylic acids is 1. The molecule has 1 fully saturated rings. The van der Waals surface area contributed by atoms with E-state index in [1.807, 2.05) is 6.92 Å². The van der Waals surface area contributed by atoms with E-state index in [1.165, 1.54) is 6.20 Å². The van der Waals surface area contributed by atoms with Crippen LogP contribution in [-0.2, 0) is 9.53 Å². The monoisotopic (exact) mass is 340 g/mol. The van der Waals surface area contributed by atoms with Gasteiger partial charge in [0.15, 0.2) is 0 Å². The standard InChI is InChI=1S/C16H25ClN4O2/c1-3-23-9-8-21-7-6-20(11-13(21)2)12-16(22)19-15-5-4-14(17)10-18-15/h4-5,10,13H,3,6-9,11-12H2,1-2H3,(H,18,19,22)/t13-/m0/s1. The zero-order chi connectivity index (χ0) is 16.7. The molecule has 1 aliphatic rings. The zero-order valence-corrected chi connectivity index (χ0v) is 14.6. The molecular weight excluding hydrogens is 316 g/mol. The van der Waals surface area contributed by atoms with Crippen LogP contribution in [0.1, 0.15) is 13.8 Å². The van der Waals surface area contributed by atoms with Crippen LogP contribution in [0.5, 0.6) is 0 Å². The fourth-order valence-corrected chi connectivity index (χ4v) is 2.82. The number of hydrogen-bond donors (Lipinski definition) is 1. The number of rotatable bonds is 7. The van der Waals surface area contributed by atoms with E-state index in [4.69, 9.17) is 16.3 Å². The number of aromatic nitrogens is 1. The van der Waals surface area contributed by atoms with Crippen LogP contribution < -0.4 is 5.32 Å². The van der Waals surface area contributed by atoms with Crippen molar-refractivity contribution in [1.82, 2.24) is 14.8 Å². The number of amides is 1. The molecule has 1 aliphatic heterocycles. The van der Waals surface area contributed by atoms with Gasteiger partial charge in [-0.1, -0.05) is 11.6 Å². The van der Waals surface area contributed by atoms with E-state index in [2.05, 4.69) is 27.0 Å². The van der Waals surface area contributed by atoms with Crippen molar-refractivity contribution in [3.8, 4) is 0 Å². The highest BCUT2D eigenvalue weighted by Crippen LogP contribution is 2.11. The maximum atomic E-state index is 12.1. The molecule has 1 saturated heterocycles. The van der Waals surface area contributed by atoms with Gasteiger partial charge >= 0.3 is 0 Å². The summed E-state index contributed by atoms with van der Waals surface area (Å²) >= 11 is 5.78. The number of carbonyl (C=O) groups is 1. The van der Waals surface area contributed by atoms with Gasteiger partial charge in [0.2, 0.25) is 5.91 Å². The summed E-state index contributed by atoms with van der Waals surface area (Å²) in [7, 11) is 0. The average Bonchev–Trinajstić information content (AvgIpc) is 2.52. The number of ether oxygens (including phenoxy) is 1. The third kappa shape index (κ3) is 6.06. The highest BCUT2D eigenvalue weighted by atomic mass is 35.5. The number of anilines is 1. The molecule has 6 nitrogen and oxygen atoms in total. The van der Waals surface area contributed by atoms with Crippen LogP contribution in [-0.4, -0.2) is 72.7 Å². The maximum Gasteiger partial charge on any atom is 0.239 e. The Bertz CT molecular complexity index is 497. The lowest BCUT2D eigenvalue weighted by Gasteiger charge is -2.39. The second-order valence-electron chi connectivity index (χ2n) is 5.73. The Morgan fingerprint density at radius 1 is 1.48 bits per heavy atom. The van der Waals surface area contributed by atoms with E-state index in [9.17, 15) is 4.79 Å². The molecule has 2 heterocycles. The van der Waals surface area contributed by atoms with Gasteiger partial charge in [0, 0.05) is 45.0 Å². The van der Waals surface area contributed by atoms with Crippen molar-refractivity contribution in [3.63, 3.8) is 0 Å². The second-order valence-corrected chi connectivity index (χ2v) is 6.16. The SMILES string of the molecule is CCOCCN1CCN(CC(=O)Nc2ccc(Cl)cn2)C[C@@H]1C. The average molecular weight is 341 g/mol. The van der Waals surface area contributed by atoms with Crippen molar-refractivity contribution in [2.75, 3.05) is 51.3 Å².